The maximum absolute atomic E-state index is 4.76. The van der Waals surface area contributed by atoms with Crippen LogP contribution in [0.15, 0.2) is 10.4 Å². The fourth-order valence-corrected chi connectivity index (χ4v) is 3.79. The van der Waals surface area contributed by atoms with Crippen LogP contribution in [0.1, 0.15) is 51.6 Å². The molecule has 24 heavy (non-hydrogen) atoms. The second kappa shape index (κ2) is 10.5. The van der Waals surface area contributed by atoms with E-state index in [4.69, 9.17) is 4.98 Å². The van der Waals surface area contributed by atoms with Crippen LogP contribution in [0.2, 0.25) is 0 Å². The fourth-order valence-electron chi connectivity index (χ4n) is 2.88. The van der Waals surface area contributed by atoms with Crippen molar-refractivity contribution in [1.29, 1.82) is 0 Å². The van der Waals surface area contributed by atoms with Crippen LogP contribution >= 0.6 is 11.3 Å². The molecular formula is C18H33N5S. The molecule has 6 heteroatoms. The third kappa shape index (κ3) is 6.67. The molecule has 2 N–H and O–H groups in total. The summed E-state index contributed by atoms with van der Waals surface area (Å²) in [5, 5.41) is 10.2. The number of hydrogen-bond acceptors (Lipinski definition) is 4. The van der Waals surface area contributed by atoms with Crippen molar-refractivity contribution in [3.8, 4) is 0 Å². The van der Waals surface area contributed by atoms with Crippen LogP contribution in [0.25, 0.3) is 0 Å². The maximum atomic E-state index is 4.76. The van der Waals surface area contributed by atoms with E-state index in [9.17, 15) is 0 Å². The first-order valence-corrected chi connectivity index (χ1v) is 10.2. The molecule has 0 spiro atoms. The second-order valence-electron chi connectivity index (χ2n) is 6.88. The van der Waals surface area contributed by atoms with E-state index in [1.54, 1.807) is 11.3 Å². The standard InChI is InChI=1S/C18H33N5S/c1-15(2)8-4-5-10-20-17(19-3)21-11-9-16-14-24-18(22-16)23-12-6-7-13-23/h14-15H,4-13H2,1-3H3,(H2,19,20,21). The van der Waals surface area contributed by atoms with Gasteiger partial charge in [-0.2, -0.15) is 0 Å². The molecule has 1 fully saturated rings. The molecule has 2 rings (SSSR count). The van der Waals surface area contributed by atoms with Crippen molar-refractivity contribution in [3.05, 3.63) is 11.1 Å². The third-order valence-corrected chi connectivity index (χ3v) is 5.26. The highest BCUT2D eigenvalue weighted by molar-refractivity contribution is 7.13. The number of anilines is 1. The average Bonchev–Trinajstić information content (AvgIpc) is 3.23. The number of guanidine groups is 1. The molecule has 0 bridgehead atoms. The van der Waals surface area contributed by atoms with E-state index in [0.29, 0.717) is 0 Å². The highest BCUT2D eigenvalue weighted by atomic mass is 32.1. The summed E-state index contributed by atoms with van der Waals surface area (Å²) < 4.78 is 0. The Morgan fingerprint density at radius 3 is 2.71 bits per heavy atom. The van der Waals surface area contributed by atoms with Gasteiger partial charge in [0.05, 0.1) is 5.69 Å². The van der Waals surface area contributed by atoms with E-state index >= 15 is 0 Å². The van der Waals surface area contributed by atoms with Gasteiger partial charge in [0.1, 0.15) is 0 Å². The molecule has 0 radical (unpaired) electrons. The van der Waals surface area contributed by atoms with E-state index in [1.807, 2.05) is 7.05 Å². The van der Waals surface area contributed by atoms with Gasteiger partial charge in [-0.05, 0) is 25.2 Å². The number of nitrogens with zero attached hydrogens (tertiary/aromatic N) is 3. The largest absolute Gasteiger partial charge is 0.356 e. The zero-order chi connectivity index (χ0) is 17.2. The number of rotatable bonds is 9. The Morgan fingerprint density at radius 1 is 1.25 bits per heavy atom. The SMILES string of the molecule is CN=C(NCCCCC(C)C)NCCc1csc(N2CCCC2)n1. The van der Waals surface area contributed by atoms with Gasteiger partial charge in [0.25, 0.3) is 0 Å². The molecule has 0 aliphatic carbocycles. The van der Waals surface area contributed by atoms with Gasteiger partial charge in [0.15, 0.2) is 11.1 Å². The van der Waals surface area contributed by atoms with Crippen LogP contribution in [0.5, 0.6) is 0 Å². The predicted molar refractivity (Wildman–Crippen MR) is 105 cm³/mol. The van der Waals surface area contributed by atoms with Crippen molar-refractivity contribution in [2.45, 2.75) is 52.4 Å². The summed E-state index contributed by atoms with van der Waals surface area (Å²) in [4.78, 5) is 11.5. The zero-order valence-corrected chi connectivity index (χ0v) is 16.3. The number of aromatic nitrogens is 1. The van der Waals surface area contributed by atoms with Gasteiger partial charge in [-0.15, -0.1) is 11.3 Å². The van der Waals surface area contributed by atoms with Crippen LogP contribution in [-0.2, 0) is 6.42 Å². The van der Waals surface area contributed by atoms with E-state index in [0.717, 1.165) is 31.4 Å². The Hall–Kier alpha value is -1.30. The summed E-state index contributed by atoms with van der Waals surface area (Å²) in [7, 11) is 1.83. The molecule has 5 nitrogen and oxygen atoms in total. The number of hydrogen-bond donors (Lipinski definition) is 2. The molecule has 0 aromatic carbocycles. The first-order chi connectivity index (χ1) is 11.7. The van der Waals surface area contributed by atoms with E-state index < -0.39 is 0 Å². The fraction of sp³-hybridized carbons (Fsp3) is 0.778. The number of unbranched alkanes of at least 4 members (excludes halogenated alkanes) is 1. The first-order valence-electron chi connectivity index (χ1n) is 9.33. The molecule has 1 aromatic heterocycles. The van der Waals surface area contributed by atoms with Gasteiger partial charge in [0.2, 0.25) is 0 Å². The Bertz CT molecular complexity index is 491. The molecular weight excluding hydrogens is 318 g/mol. The van der Waals surface area contributed by atoms with E-state index in [-0.39, 0.29) is 0 Å². The molecule has 1 aliphatic rings. The van der Waals surface area contributed by atoms with Crippen LogP contribution in [0.4, 0.5) is 5.13 Å². The Kier molecular flexibility index (Phi) is 8.36. The van der Waals surface area contributed by atoms with Crippen molar-refractivity contribution in [1.82, 2.24) is 15.6 Å². The molecule has 136 valence electrons. The summed E-state index contributed by atoms with van der Waals surface area (Å²) in [6, 6.07) is 0. The Balaban J connectivity index is 1.61. The molecule has 0 unspecified atom stereocenters. The van der Waals surface area contributed by atoms with Gasteiger partial charge in [-0.3, -0.25) is 4.99 Å². The van der Waals surface area contributed by atoms with Crippen LogP contribution in [0.3, 0.4) is 0 Å². The minimum Gasteiger partial charge on any atom is -0.356 e. The minimum absolute atomic E-state index is 0.797. The third-order valence-electron chi connectivity index (χ3n) is 4.31. The second-order valence-corrected chi connectivity index (χ2v) is 7.72. The van der Waals surface area contributed by atoms with Crippen LogP contribution in [0, 0.1) is 5.92 Å². The molecule has 0 saturated carbocycles. The maximum Gasteiger partial charge on any atom is 0.190 e. The highest BCUT2D eigenvalue weighted by Gasteiger charge is 2.15. The van der Waals surface area contributed by atoms with Crippen molar-refractivity contribution in [3.63, 3.8) is 0 Å². The van der Waals surface area contributed by atoms with Gasteiger partial charge >= 0.3 is 0 Å². The van der Waals surface area contributed by atoms with Gasteiger partial charge in [0, 0.05) is 45.0 Å². The monoisotopic (exact) mass is 351 g/mol. The predicted octanol–water partition coefficient (Wildman–Crippen LogP) is 3.28. The number of thiazole rings is 1. The lowest BCUT2D eigenvalue weighted by atomic mass is 10.1. The zero-order valence-electron chi connectivity index (χ0n) is 15.5. The lowest BCUT2D eigenvalue weighted by Crippen LogP contribution is -2.38. The van der Waals surface area contributed by atoms with Crippen LogP contribution < -0.4 is 15.5 Å². The minimum atomic E-state index is 0.797. The average molecular weight is 352 g/mol. The number of nitrogens with one attached hydrogen (secondary N) is 2. The lowest BCUT2D eigenvalue weighted by molar-refractivity contribution is 0.534. The van der Waals surface area contributed by atoms with Crippen molar-refractivity contribution >= 4 is 22.4 Å². The molecule has 1 aromatic rings. The van der Waals surface area contributed by atoms with Gasteiger partial charge in [-0.25, -0.2) is 4.98 Å². The lowest BCUT2D eigenvalue weighted by Gasteiger charge is -2.12. The highest BCUT2D eigenvalue weighted by Crippen LogP contribution is 2.24. The molecule has 1 aliphatic heterocycles. The van der Waals surface area contributed by atoms with E-state index in [2.05, 4.69) is 39.8 Å². The van der Waals surface area contributed by atoms with E-state index in [1.165, 1.54) is 56.0 Å². The summed E-state index contributed by atoms with van der Waals surface area (Å²) in [6.45, 7) is 8.75. The van der Waals surface area contributed by atoms with Crippen LogP contribution in [-0.4, -0.2) is 44.2 Å². The first kappa shape index (κ1) is 19.0. The Morgan fingerprint density at radius 2 is 2.00 bits per heavy atom. The normalized spacial score (nSPS) is 15.3. The van der Waals surface area contributed by atoms with Gasteiger partial charge in [-0.1, -0.05) is 26.7 Å². The summed E-state index contributed by atoms with van der Waals surface area (Å²) >= 11 is 1.77. The molecule has 1 saturated heterocycles. The summed E-state index contributed by atoms with van der Waals surface area (Å²) in [5.41, 5.74) is 1.18. The Labute approximate surface area is 151 Å². The summed E-state index contributed by atoms with van der Waals surface area (Å²) in [5.74, 6) is 1.69. The van der Waals surface area contributed by atoms with Crippen molar-refractivity contribution in [2.75, 3.05) is 38.1 Å². The van der Waals surface area contributed by atoms with Gasteiger partial charge < -0.3 is 15.5 Å². The smallest absolute Gasteiger partial charge is 0.190 e. The molecule has 2 heterocycles. The molecule has 0 amide bonds. The quantitative estimate of drug-likeness (QED) is 0.407. The molecule has 0 atom stereocenters. The number of aliphatic imine (C=N–C) groups is 1. The van der Waals surface area contributed by atoms with Crippen molar-refractivity contribution in [2.24, 2.45) is 10.9 Å². The van der Waals surface area contributed by atoms with Crippen molar-refractivity contribution < 1.29 is 0 Å². The topological polar surface area (TPSA) is 52.6 Å². The summed E-state index contributed by atoms with van der Waals surface area (Å²) in [6.07, 6.45) is 7.32.